The lowest BCUT2D eigenvalue weighted by Crippen LogP contribution is -2.29. The SMILES string of the molecule is CCC(C)(C)C(=O)OCC(O)OC. The molecule has 4 heteroatoms. The summed E-state index contributed by atoms with van der Waals surface area (Å²) in [6.07, 6.45) is -0.328. The fourth-order valence-electron chi connectivity index (χ4n) is 0.555. The van der Waals surface area contributed by atoms with Gasteiger partial charge >= 0.3 is 5.97 Å². The molecule has 0 heterocycles. The van der Waals surface area contributed by atoms with E-state index in [0.717, 1.165) is 0 Å². The van der Waals surface area contributed by atoms with E-state index in [1.807, 2.05) is 6.92 Å². The number of carbonyl (C=O) groups is 1. The summed E-state index contributed by atoms with van der Waals surface area (Å²) in [5, 5.41) is 8.95. The maximum absolute atomic E-state index is 11.3. The minimum absolute atomic E-state index is 0.112. The Morgan fingerprint density at radius 3 is 2.46 bits per heavy atom. The lowest BCUT2D eigenvalue weighted by Gasteiger charge is -2.21. The van der Waals surface area contributed by atoms with Crippen molar-refractivity contribution < 1.29 is 19.4 Å². The molecule has 4 nitrogen and oxygen atoms in total. The molecule has 0 saturated carbocycles. The van der Waals surface area contributed by atoms with Gasteiger partial charge < -0.3 is 14.6 Å². The van der Waals surface area contributed by atoms with E-state index in [1.165, 1.54) is 7.11 Å². The molecule has 0 saturated heterocycles. The van der Waals surface area contributed by atoms with Crippen molar-refractivity contribution in [1.29, 1.82) is 0 Å². The van der Waals surface area contributed by atoms with E-state index in [1.54, 1.807) is 13.8 Å². The first kappa shape index (κ1) is 12.4. The minimum Gasteiger partial charge on any atom is -0.460 e. The molecule has 78 valence electrons. The van der Waals surface area contributed by atoms with E-state index >= 15 is 0 Å². The molecular weight excluding hydrogens is 172 g/mol. The van der Waals surface area contributed by atoms with E-state index in [9.17, 15) is 4.79 Å². The Morgan fingerprint density at radius 2 is 2.08 bits per heavy atom. The molecule has 0 aromatic rings. The molecule has 1 atom stereocenters. The highest BCUT2D eigenvalue weighted by atomic mass is 16.6. The van der Waals surface area contributed by atoms with Crippen molar-refractivity contribution in [2.24, 2.45) is 5.41 Å². The number of aliphatic hydroxyl groups is 1. The molecule has 0 amide bonds. The van der Waals surface area contributed by atoms with Gasteiger partial charge in [-0.15, -0.1) is 0 Å². The van der Waals surface area contributed by atoms with Crippen LogP contribution in [-0.2, 0) is 14.3 Å². The van der Waals surface area contributed by atoms with Gasteiger partial charge in [-0.3, -0.25) is 4.79 Å². The smallest absolute Gasteiger partial charge is 0.311 e. The molecular formula is C9H18O4. The van der Waals surface area contributed by atoms with Crippen molar-refractivity contribution in [1.82, 2.24) is 0 Å². The molecule has 1 N–H and O–H groups in total. The van der Waals surface area contributed by atoms with Gasteiger partial charge in [0.25, 0.3) is 0 Å². The summed E-state index contributed by atoms with van der Waals surface area (Å²) in [4.78, 5) is 11.3. The fraction of sp³-hybridized carbons (Fsp3) is 0.889. The normalized spacial score (nSPS) is 13.9. The summed E-state index contributed by atoms with van der Waals surface area (Å²) in [6, 6.07) is 0. The Morgan fingerprint density at radius 1 is 1.54 bits per heavy atom. The van der Waals surface area contributed by atoms with Crippen LogP contribution < -0.4 is 0 Å². The number of aliphatic hydroxyl groups excluding tert-OH is 1. The van der Waals surface area contributed by atoms with Crippen LogP contribution in [0.2, 0.25) is 0 Å². The van der Waals surface area contributed by atoms with Gasteiger partial charge in [-0.05, 0) is 20.3 Å². The standard InChI is InChI=1S/C9H18O4/c1-5-9(2,3)8(11)13-6-7(10)12-4/h7,10H,5-6H2,1-4H3. The third-order valence-corrected chi connectivity index (χ3v) is 2.07. The van der Waals surface area contributed by atoms with Crippen LogP contribution in [0.5, 0.6) is 0 Å². The minimum atomic E-state index is -1.03. The lowest BCUT2D eigenvalue weighted by atomic mass is 9.91. The van der Waals surface area contributed by atoms with E-state index < -0.39 is 11.7 Å². The predicted octanol–water partition coefficient (Wildman–Crippen LogP) is 0.931. The molecule has 0 aromatic carbocycles. The molecule has 0 aliphatic carbocycles. The molecule has 0 fully saturated rings. The average molecular weight is 190 g/mol. The van der Waals surface area contributed by atoms with Crippen molar-refractivity contribution >= 4 is 5.97 Å². The maximum atomic E-state index is 11.3. The number of hydrogen-bond donors (Lipinski definition) is 1. The Labute approximate surface area is 78.8 Å². The number of methoxy groups -OCH3 is 1. The van der Waals surface area contributed by atoms with Gasteiger partial charge in [0.15, 0.2) is 6.29 Å². The summed E-state index contributed by atoms with van der Waals surface area (Å²) >= 11 is 0. The summed E-state index contributed by atoms with van der Waals surface area (Å²) in [6.45, 7) is 5.40. The Hall–Kier alpha value is -0.610. The molecule has 0 rings (SSSR count). The largest absolute Gasteiger partial charge is 0.460 e. The second-order valence-electron chi connectivity index (χ2n) is 3.53. The van der Waals surface area contributed by atoms with E-state index in [-0.39, 0.29) is 12.6 Å². The predicted molar refractivity (Wildman–Crippen MR) is 48.0 cm³/mol. The fourth-order valence-corrected chi connectivity index (χ4v) is 0.555. The summed E-state index contributed by atoms with van der Waals surface area (Å²) < 4.78 is 9.36. The van der Waals surface area contributed by atoms with Gasteiger partial charge in [-0.1, -0.05) is 6.92 Å². The lowest BCUT2D eigenvalue weighted by molar-refractivity contribution is -0.169. The van der Waals surface area contributed by atoms with Gasteiger partial charge in [0.1, 0.15) is 6.61 Å². The second-order valence-corrected chi connectivity index (χ2v) is 3.53. The number of hydrogen-bond acceptors (Lipinski definition) is 4. The van der Waals surface area contributed by atoms with Crippen molar-refractivity contribution in [3.05, 3.63) is 0 Å². The van der Waals surface area contributed by atoms with Crippen LogP contribution in [-0.4, -0.2) is 31.1 Å². The zero-order valence-corrected chi connectivity index (χ0v) is 8.66. The zero-order chi connectivity index (χ0) is 10.5. The molecule has 0 aromatic heterocycles. The summed E-state index contributed by atoms with van der Waals surface area (Å²) in [5.74, 6) is -0.314. The van der Waals surface area contributed by atoms with Gasteiger partial charge in [0, 0.05) is 7.11 Å². The van der Waals surface area contributed by atoms with Crippen LogP contribution in [0.3, 0.4) is 0 Å². The van der Waals surface area contributed by atoms with Crippen molar-refractivity contribution in [2.75, 3.05) is 13.7 Å². The third kappa shape index (κ3) is 4.24. The first-order valence-electron chi connectivity index (χ1n) is 4.32. The molecule has 1 unspecified atom stereocenters. The van der Waals surface area contributed by atoms with E-state index in [2.05, 4.69) is 4.74 Å². The van der Waals surface area contributed by atoms with Crippen molar-refractivity contribution in [2.45, 2.75) is 33.5 Å². The molecule has 0 spiro atoms. The molecule has 0 aliphatic heterocycles. The zero-order valence-electron chi connectivity index (χ0n) is 8.66. The summed E-state index contributed by atoms with van der Waals surface area (Å²) in [5.41, 5.74) is -0.493. The quantitative estimate of drug-likeness (QED) is 0.517. The van der Waals surface area contributed by atoms with Crippen LogP contribution in [0.1, 0.15) is 27.2 Å². The topological polar surface area (TPSA) is 55.8 Å². The highest BCUT2D eigenvalue weighted by Crippen LogP contribution is 2.21. The maximum Gasteiger partial charge on any atom is 0.311 e. The first-order valence-corrected chi connectivity index (χ1v) is 4.32. The third-order valence-electron chi connectivity index (χ3n) is 2.07. The van der Waals surface area contributed by atoms with Crippen LogP contribution in [0.25, 0.3) is 0 Å². The molecule has 13 heavy (non-hydrogen) atoms. The van der Waals surface area contributed by atoms with E-state index in [4.69, 9.17) is 9.84 Å². The molecule has 0 aliphatic rings. The molecule has 0 bridgehead atoms. The van der Waals surface area contributed by atoms with Crippen molar-refractivity contribution in [3.8, 4) is 0 Å². The van der Waals surface area contributed by atoms with Crippen LogP contribution in [0.4, 0.5) is 0 Å². The number of esters is 1. The highest BCUT2D eigenvalue weighted by Gasteiger charge is 2.27. The summed E-state index contributed by atoms with van der Waals surface area (Å²) in [7, 11) is 1.35. The Kier molecular flexibility index (Phi) is 4.95. The number of ether oxygens (including phenoxy) is 2. The monoisotopic (exact) mass is 190 g/mol. The van der Waals surface area contributed by atoms with Gasteiger partial charge in [-0.25, -0.2) is 0 Å². The molecule has 0 radical (unpaired) electrons. The van der Waals surface area contributed by atoms with Gasteiger partial charge in [0.05, 0.1) is 5.41 Å². The number of rotatable bonds is 5. The Balaban J connectivity index is 3.88. The second kappa shape index (κ2) is 5.19. The average Bonchev–Trinajstić information content (AvgIpc) is 2.13. The van der Waals surface area contributed by atoms with E-state index in [0.29, 0.717) is 6.42 Å². The highest BCUT2D eigenvalue weighted by molar-refractivity contribution is 5.75. The van der Waals surface area contributed by atoms with Crippen LogP contribution in [0, 0.1) is 5.41 Å². The van der Waals surface area contributed by atoms with Gasteiger partial charge in [0.2, 0.25) is 0 Å². The number of carbonyl (C=O) groups excluding carboxylic acids is 1. The van der Waals surface area contributed by atoms with Crippen LogP contribution >= 0.6 is 0 Å². The Bertz CT molecular complexity index is 165. The van der Waals surface area contributed by atoms with Crippen LogP contribution in [0.15, 0.2) is 0 Å². The van der Waals surface area contributed by atoms with Crippen molar-refractivity contribution in [3.63, 3.8) is 0 Å². The van der Waals surface area contributed by atoms with Gasteiger partial charge in [-0.2, -0.15) is 0 Å². The first-order chi connectivity index (χ1) is 5.94.